The van der Waals surface area contributed by atoms with Gasteiger partial charge in [-0.2, -0.15) is 0 Å². The molecule has 39 heavy (non-hydrogen) atoms. The van der Waals surface area contributed by atoms with Crippen molar-refractivity contribution in [2.45, 2.75) is 75.7 Å². The van der Waals surface area contributed by atoms with Crippen LogP contribution < -0.4 is 0 Å². The van der Waals surface area contributed by atoms with Crippen LogP contribution in [0.2, 0.25) is 18.1 Å². The molecule has 2 aliphatic rings. The summed E-state index contributed by atoms with van der Waals surface area (Å²) in [5, 5.41) is 19.0. The molecule has 3 heterocycles. The first-order chi connectivity index (χ1) is 18.9. The number of nitrogens with zero attached hydrogens (tertiary/aromatic N) is 3. The van der Waals surface area contributed by atoms with Gasteiger partial charge in [0.05, 0.1) is 12.8 Å². The third kappa shape index (κ3) is 5.55. The Morgan fingerprint density at radius 1 is 1.10 bits per heavy atom. The van der Waals surface area contributed by atoms with Crippen LogP contribution in [-0.2, 0) is 23.4 Å². The Kier molecular flexibility index (Phi) is 8.24. The Balaban J connectivity index is 1.58. The minimum absolute atomic E-state index is 0.139. The van der Waals surface area contributed by atoms with Gasteiger partial charge in [-0.25, -0.2) is 13.9 Å². The summed E-state index contributed by atoms with van der Waals surface area (Å²) >= 11 is 0. The number of halogens is 1. The predicted octanol–water partition coefficient (Wildman–Crippen LogP) is 4.98. The first-order valence-electron chi connectivity index (χ1n) is 13.4. The van der Waals surface area contributed by atoms with Crippen LogP contribution >= 0.6 is 0 Å². The number of carboxylic acid groups (broad SMARTS) is 1. The SMILES string of the molecule is CC[Si](CC)(CC)OC1[C@@H](n2cc(-c3cccc(F)c3)nn2)[C@H]2O[C@@H](c3ccccc3)OC[C@H]2O[C@H]1C(=O)O. The van der Waals surface area contributed by atoms with E-state index in [-0.39, 0.29) is 12.4 Å². The molecular weight excluding hydrogens is 521 g/mol. The van der Waals surface area contributed by atoms with E-state index in [1.54, 1.807) is 23.0 Å². The van der Waals surface area contributed by atoms with Gasteiger partial charge in [-0.1, -0.05) is 68.4 Å². The zero-order valence-corrected chi connectivity index (χ0v) is 23.3. The average Bonchev–Trinajstić information content (AvgIpc) is 3.45. The van der Waals surface area contributed by atoms with E-state index in [1.807, 2.05) is 30.3 Å². The zero-order chi connectivity index (χ0) is 27.6. The standard InChI is InChI=1S/C28H34FN3O6Si/c1-4-39(5-2,6-3)38-25-23(32-16-21(30-31-32)19-13-10-14-20(29)15-19)24-22(36-26(25)27(33)34)17-35-28(37-24)18-11-8-7-9-12-18/h7-16,22-26,28H,4-6,17H2,1-3H3,(H,33,34)/t22-,23+,24+,25?,26-,28+/m1/s1. The van der Waals surface area contributed by atoms with Crippen molar-refractivity contribution in [3.8, 4) is 11.3 Å². The second kappa shape index (κ2) is 11.6. The molecule has 0 aliphatic carbocycles. The first kappa shape index (κ1) is 27.6. The second-order valence-corrected chi connectivity index (χ2v) is 14.7. The van der Waals surface area contributed by atoms with Gasteiger partial charge in [0.15, 0.2) is 20.7 Å². The molecular formula is C28H34FN3O6Si. The van der Waals surface area contributed by atoms with Crippen LogP contribution in [0.3, 0.4) is 0 Å². The highest BCUT2D eigenvalue weighted by Gasteiger charge is 2.55. The Hall–Kier alpha value is -2.96. The molecule has 9 nitrogen and oxygen atoms in total. The van der Waals surface area contributed by atoms with Crippen LogP contribution in [0, 0.1) is 5.82 Å². The highest BCUT2D eigenvalue weighted by atomic mass is 28.4. The number of aliphatic carboxylic acids is 1. The van der Waals surface area contributed by atoms with E-state index < -0.39 is 51.0 Å². The maximum atomic E-state index is 14.0. The molecule has 0 bridgehead atoms. The predicted molar refractivity (Wildman–Crippen MR) is 143 cm³/mol. The summed E-state index contributed by atoms with van der Waals surface area (Å²) in [6, 6.07) is 17.5. The molecule has 1 N–H and O–H groups in total. The lowest BCUT2D eigenvalue weighted by Crippen LogP contribution is -2.63. The Labute approximate surface area is 228 Å². The number of rotatable bonds is 9. The van der Waals surface area contributed by atoms with Gasteiger partial charge in [-0.05, 0) is 30.3 Å². The van der Waals surface area contributed by atoms with E-state index in [2.05, 4.69) is 31.1 Å². The van der Waals surface area contributed by atoms with Crippen molar-refractivity contribution in [1.82, 2.24) is 15.0 Å². The third-order valence-electron chi connectivity index (χ3n) is 7.92. The highest BCUT2D eigenvalue weighted by Crippen LogP contribution is 2.42. The van der Waals surface area contributed by atoms with Crippen molar-refractivity contribution < 1.29 is 32.9 Å². The van der Waals surface area contributed by atoms with Gasteiger partial charge in [0.1, 0.15) is 35.9 Å². The molecule has 208 valence electrons. The van der Waals surface area contributed by atoms with Crippen LogP contribution in [0.5, 0.6) is 0 Å². The minimum atomic E-state index is -2.31. The first-order valence-corrected chi connectivity index (χ1v) is 16.0. The van der Waals surface area contributed by atoms with Crippen molar-refractivity contribution in [1.29, 1.82) is 0 Å². The van der Waals surface area contributed by atoms with Crippen LogP contribution in [0.15, 0.2) is 60.8 Å². The van der Waals surface area contributed by atoms with Crippen molar-refractivity contribution in [2.24, 2.45) is 0 Å². The molecule has 2 aliphatic heterocycles. The van der Waals surface area contributed by atoms with E-state index in [1.165, 1.54) is 12.1 Å². The zero-order valence-electron chi connectivity index (χ0n) is 22.3. The summed E-state index contributed by atoms with van der Waals surface area (Å²) in [5.74, 6) is -1.51. The van der Waals surface area contributed by atoms with Gasteiger partial charge in [-0.15, -0.1) is 5.10 Å². The Morgan fingerprint density at radius 3 is 2.51 bits per heavy atom. The molecule has 0 amide bonds. The van der Waals surface area contributed by atoms with Gasteiger partial charge in [0.25, 0.3) is 0 Å². The van der Waals surface area contributed by atoms with Gasteiger partial charge in [0.2, 0.25) is 0 Å². The highest BCUT2D eigenvalue weighted by molar-refractivity contribution is 6.73. The van der Waals surface area contributed by atoms with E-state index in [4.69, 9.17) is 18.6 Å². The lowest BCUT2D eigenvalue weighted by Gasteiger charge is -2.50. The van der Waals surface area contributed by atoms with E-state index >= 15 is 0 Å². The Morgan fingerprint density at radius 2 is 1.85 bits per heavy atom. The molecule has 1 aromatic heterocycles. The maximum Gasteiger partial charge on any atom is 0.335 e. The van der Waals surface area contributed by atoms with Crippen molar-refractivity contribution in [3.63, 3.8) is 0 Å². The molecule has 2 saturated heterocycles. The number of hydrogen-bond acceptors (Lipinski definition) is 7. The molecule has 1 unspecified atom stereocenters. The van der Waals surface area contributed by atoms with Crippen LogP contribution in [0.25, 0.3) is 11.3 Å². The van der Waals surface area contributed by atoms with Gasteiger partial charge >= 0.3 is 5.97 Å². The lowest BCUT2D eigenvalue weighted by molar-refractivity contribution is -0.312. The number of hydrogen-bond donors (Lipinski definition) is 1. The largest absolute Gasteiger partial charge is 0.479 e. The number of carbonyl (C=O) groups is 1. The number of ether oxygens (including phenoxy) is 3. The smallest absolute Gasteiger partial charge is 0.335 e. The number of benzene rings is 2. The average molecular weight is 556 g/mol. The molecule has 0 saturated carbocycles. The minimum Gasteiger partial charge on any atom is -0.479 e. The van der Waals surface area contributed by atoms with Gasteiger partial charge < -0.3 is 23.7 Å². The molecule has 6 atom stereocenters. The van der Waals surface area contributed by atoms with Gasteiger partial charge in [0, 0.05) is 11.1 Å². The van der Waals surface area contributed by atoms with Crippen LogP contribution in [0.4, 0.5) is 4.39 Å². The van der Waals surface area contributed by atoms with Crippen molar-refractivity contribution in [2.75, 3.05) is 6.61 Å². The van der Waals surface area contributed by atoms with Gasteiger partial charge in [-0.3, -0.25) is 0 Å². The fourth-order valence-electron chi connectivity index (χ4n) is 5.50. The summed E-state index contributed by atoms with van der Waals surface area (Å²) in [6.45, 7) is 6.40. The molecule has 5 rings (SSSR count). The fraction of sp³-hybridized carbons (Fsp3) is 0.464. The van der Waals surface area contributed by atoms with Crippen molar-refractivity contribution >= 4 is 14.3 Å². The second-order valence-electron chi connectivity index (χ2n) is 10.0. The third-order valence-corrected chi connectivity index (χ3v) is 12.6. The molecule has 3 aromatic rings. The normalized spacial score (nSPS) is 27.2. The summed E-state index contributed by atoms with van der Waals surface area (Å²) < 4.78 is 41.0. The van der Waals surface area contributed by atoms with Crippen LogP contribution in [-0.4, -0.2) is 65.4 Å². The summed E-state index contributed by atoms with van der Waals surface area (Å²) in [7, 11) is -2.31. The van der Waals surface area contributed by atoms with E-state index in [0.717, 1.165) is 23.7 Å². The van der Waals surface area contributed by atoms with E-state index in [9.17, 15) is 14.3 Å². The lowest BCUT2D eigenvalue weighted by atomic mass is 9.91. The fourth-order valence-corrected chi connectivity index (χ4v) is 8.34. The summed E-state index contributed by atoms with van der Waals surface area (Å²) in [5.41, 5.74) is 1.86. The number of aromatic nitrogens is 3. The monoisotopic (exact) mass is 555 g/mol. The number of carboxylic acids is 1. The maximum absolute atomic E-state index is 14.0. The molecule has 0 spiro atoms. The van der Waals surface area contributed by atoms with E-state index in [0.29, 0.717) is 11.3 Å². The Bertz CT molecular complexity index is 1260. The summed E-state index contributed by atoms with van der Waals surface area (Å²) in [4.78, 5) is 12.6. The molecule has 2 aromatic carbocycles. The van der Waals surface area contributed by atoms with Crippen LogP contribution in [0.1, 0.15) is 38.7 Å². The molecule has 2 fully saturated rings. The molecule has 11 heteroatoms. The quantitative estimate of drug-likeness (QED) is 0.369. The molecule has 0 radical (unpaired) electrons. The topological polar surface area (TPSA) is 105 Å². The summed E-state index contributed by atoms with van der Waals surface area (Å²) in [6.07, 6.45) is -2.41. The number of fused-ring (bicyclic) bond motifs is 1. The van der Waals surface area contributed by atoms with Crippen molar-refractivity contribution in [3.05, 3.63) is 72.2 Å².